The van der Waals surface area contributed by atoms with Crippen molar-refractivity contribution < 1.29 is 17.9 Å². The Morgan fingerprint density at radius 3 is 2.54 bits per heavy atom. The number of hydrogen-bond donors (Lipinski definition) is 0. The van der Waals surface area contributed by atoms with Crippen LogP contribution >= 0.6 is 11.3 Å². The second-order valence-corrected chi connectivity index (χ2v) is 8.80. The molecule has 5 nitrogen and oxygen atoms in total. The van der Waals surface area contributed by atoms with Gasteiger partial charge in [-0.05, 0) is 35.4 Å². The highest BCUT2D eigenvalue weighted by Crippen LogP contribution is 2.40. The Bertz CT molecular complexity index is 1400. The van der Waals surface area contributed by atoms with E-state index in [4.69, 9.17) is 4.74 Å². The number of pyridine rings is 1. The second kappa shape index (κ2) is 9.41. The number of aromatic nitrogens is 2. The molecule has 1 aliphatic heterocycles. The quantitative estimate of drug-likeness (QED) is 0.295. The molecule has 2 unspecified atom stereocenters. The van der Waals surface area contributed by atoms with Gasteiger partial charge >= 0.3 is 6.18 Å². The third kappa shape index (κ3) is 4.99. The van der Waals surface area contributed by atoms with Gasteiger partial charge in [-0.15, -0.1) is 11.3 Å². The molecule has 2 atom stereocenters. The molecule has 3 heterocycles. The number of thiazole rings is 1. The number of nitrogens with zero attached hydrogens (tertiary/aromatic N) is 4. The summed E-state index contributed by atoms with van der Waals surface area (Å²) in [4.78, 5) is 13.5. The van der Waals surface area contributed by atoms with Crippen LogP contribution in [0.15, 0.2) is 77.5 Å². The van der Waals surface area contributed by atoms with Crippen LogP contribution in [0.3, 0.4) is 0 Å². The second-order valence-electron chi connectivity index (χ2n) is 7.88. The van der Waals surface area contributed by atoms with E-state index in [0.29, 0.717) is 11.3 Å². The fourth-order valence-corrected chi connectivity index (χ4v) is 4.48. The van der Waals surface area contributed by atoms with E-state index in [1.54, 1.807) is 30.0 Å². The van der Waals surface area contributed by atoms with E-state index in [0.717, 1.165) is 16.5 Å². The summed E-state index contributed by atoms with van der Waals surface area (Å²) >= 11 is 1.38. The number of ether oxygens (including phenoxy) is 1. The molecule has 174 valence electrons. The van der Waals surface area contributed by atoms with Crippen molar-refractivity contribution in [1.29, 1.82) is 5.26 Å². The minimum absolute atomic E-state index is 0.0546. The van der Waals surface area contributed by atoms with Gasteiger partial charge in [0.2, 0.25) is 0 Å². The van der Waals surface area contributed by atoms with E-state index in [1.165, 1.54) is 35.6 Å². The number of nitriles is 1. The van der Waals surface area contributed by atoms with E-state index in [1.807, 2.05) is 24.4 Å². The molecule has 0 saturated carbocycles. The van der Waals surface area contributed by atoms with Gasteiger partial charge in [-0.3, -0.25) is 15.0 Å². The van der Waals surface area contributed by atoms with Gasteiger partial charge in [0.25, 0.3) is 0 Å². The van der Waals surface area contributed by atoms with E-state index in [9.17, 15) is 18.4 Å². The largest absolute Gasteiger partial charge is 0.417 e. The molecule has 0 saturated heterocycles. The lowest BCUT2D eigenvalue weighted by molar-refractivity contribution is -0.137. The summed E-state index contributed by atoms with van der Waals surface area (Å²) in [5, 5.41) is 9.62. The molecule has 4 aromatic rings. The third-order valence-corrected chi connectivity index (χ3v) is 6.40. The van der Waals surface area contributed by atoms with Gasteiger partial charge in [0.15, 0.2) is 0 Å². The van der Waals surface area contributed by atoms with E-state index in [-0.39, 0.29) is 29.3 Å². The highest BCUT2D eigenvalue weighted by atomic mass is 32.1. The van der Waals surface area contributed by atoms with Gasteiger partial charge < -0.3 is 4.74 Å². The maximum absolute atomic E-state index is 13.7. The van der Waals surface area contributed by atoms with Gasteiger partial charge in [-0.25, -0.2) is 0 Å². The number of rotatable bonds is 7. The molecular formula is C26H17F3N4OS. The van der Waals surface area contributed by atoms with Gasteiger partial charge in [-0.1, -0.05) is 30.3 Å². The van der Waals surface area contributed by atoms with Crippen LogP contribution in [0.5, 0.6) is 0 Å². The first-order chi connectivity index (χ1) is 16.9. The number of hydrogen-bond acceptors (Lipinski definition) is 6. The summed E-state index contributed by atoms with van der Waals surface area (Å²) in [7, 11) is 0. The number of halogens is 3. The van der Waals surface area contributed by atoms with Gasteiger partial charge in [0.1, 0.15) is 12.1 Å². The SMILES string of the molecule is N#Cc1ccc(C(OCc2ccc(C3C=N3)cn2)c2cncs2)cc1-c1ccccc1C(F)(F)F. The average Bonchev–Trinajstić information content (AvgIpc) is 3.58. The predicted octanol–water partition coefficient (Wildman–Crippen LogP) is 6.53. The summed E-state index contributed by atoms with van der Waals surface area (Å²) in [5.41, 5.74) is 3.49. The van der Waals surface area contributed by atoms with Gasteiger partial charge in [0, 0.05) is 29.7 Å². The lowest BCUT2D eigenvalue weighted by Gasteiger charge is -2.19. The molecule has 0 amide bonds. The Morgan fingerprint density at radius 2 is 1.89 bits per heavy atom. The van der Waals surface area contributed by atoms with Crippen LogP contribution in [-0.2, 0) is 17.5 Å². The van der Waals surface area contributed by atoms with Crippen molar-refractivity contribution >= 4 is 17.6 Å². The first-order valence-corrected chi connectivity index (χ1v) is 11.5. The number of benzene rings is 2. The molecule has 2 aromatic carbocycles. The zero-order chi connectivity index (χ0) is 24.4. The topological polar surface area (TPSA) is 71.2 Å². The van der Waals surface area contributed by atoms with Crippen LogP contribution in [0, 0.1) is 11.3 Å². The number of alkyl halides is 3. The van der Waals surface area contributed by atoms with Crippen LogP contribution < -0.4 is 0 Å². The molecule has 35 heavy (non-hydrogen) atoms. The van der Waals surface area contributed by atoms with Crippen molar-refractivity contribution in [3.05, 3.63) is 105 Å². The van der Waals surface area contributed by atoms with Crippen molar-refractivity contribution in [2.75, 3.05) is 0 Å². The van der Waals surface area contributed by atoms with Gasteiger partial charge in [0.05, 0.1) is 39.9 Å². The molecular weight excluding hydrogens is 473 g/mol. The molecule has 9 heteroatoms. The van der Waals surface area contributed by atoms with E-state index in [2.05, 4.69) is 15.0 Å². The van der Waals surface area contributed by atoms with Crippen LogP contribution in [0.4, 0.5) is 13.2 Å². The smallest absolute Gasteiger partial charge is 0.362 e. The molecule has 0 N–H and O–H groups in total. The monoisotopic (exact) mass is 490 g/mol. The summed E-state index contributed by atoms with van der Waals surface area (Å²) in [6, 6.07) is 16.0. The molecule has 0 spiro atoms. The highest BCUT2D eigenvalue weighted by Gasteiger charge is 2.34. The van der Waals surface area contributed by atoms with Crippen molar-refractivity contribution in [2.24, 2.45) is 4.99 Å². The Balaban J connectivity index is 1.50. The molecule has 0 fully saturated rings. The standard InChI is InChI=1S/C26H17F3N4OS/c27-26(28,29)22-4-2-1-3-20(22)21-9-16(5-6-17(21)10-30)25(24-13-31-15-35-24)34-14-19-8-7-18(11-32-19)23-12-33-23/h1-9,11-13,15,23,25H,14H2. The molecule has 5 rings (SSSR count). The zero-order valence-electron chi connectivity index (χ0n) is 18.1. The highest BCUT2D eigenvalue weighted by molar-refractivity contribution is 7.09. The molecule has 2 aromatic heterocycles. The lowest BCUT2D eigenvalue weighted by Crippen LogP contribution is -2.09. The fraction of sp³-hybridized carbons (Fsp3) is 0.154. The maximum atomic E-state index is 13.7. The van der Waals surface area contributed by atoms with Crippen LogP contribution in [0.1, 0.15) is 45.0 Å². The Labute approximate surface area is 203 Å². The zero-order valence-corrected chi connectivity index (χ0v) is 18.9. The van der Waals surface area contributed by atoms with Crippen molar-refractivity contribution in [2.45, 2.75) is 24.9 Å². The summed E-state index contributed by atoms with van der Waals surface area (Å²) in [5.74, 6) is 0. The average molecular weight is 491 g/mol. The molecule has 0 aliphatic carbocycles. The van der Waals surface area contributed by atoms with E-state index >= 15 is 0 Å². The first-order valence-electron chi connectivity index (χ1n) is 10.6. The predicted molar refractivity (Wildman–Crippen MR) is 126 cm³/mol. The van der Waals surface area contributed by atoms with Crippen LogP contribution in [0.2, 0.25) is 0 Å². The first kappa shape index (κ1) is 22.9. The minimum Gasteiger partial charge on any atom is -0.362 e. The summed E-state index contributed by atoms with van der Waals surface area (Å²) in [6.07, 6.45) is 0.104. The van der Waals surface area contributed by atoms with Crippen molar-refractivity contribution in [3.63, 3.8) is 0 Å². The fourth-order valence-electron chi connectivity index (χ4n) is 3.79. The number of aliphatic imine (C=N–C) groups is 1. The van der Waals surface area contributed by atoms with E-state index < -0.39 is 17.8 Å². The minimum atomic E-state index is -4.56. The maximum Gasteiger partial charge on any atom is 0.417 e. The Morgan fingerprint density at radius 1 is 1.06 bits per heavy atom. The normalized spacial score (nSPS) is 15.5. The van der Waals surface area contributed by atoms with Crippen LogP contribution in [0.25, 0.3) is 11.1 Å². The Hall–Kier alpha value is -3.87. The van der Waals surface area contributed by atoms with Crippen molar-refractivity contribution in [3.8, 4) is 17.2 Å². The van der Waals surface area contributed by atoms with Crippen molar-refractivity contribution in [1.82, 2.24) is 9.97 Å². The molecule has 0 radical (unpaired) electrons. The summed E-state index contributed by atoms with van der Waals surface area (Å²) in [6.45, 7) is 0.183. The molecule has 0 bridgehead atoms. The van der Waals surface area contributed by atoms with Crippen LogP contribution in [-0.4, -0.2) is 16.2 Å². The summed E-state index contributed by atoms with van der Waals surface area (Å²) < 4.78 is 47.3. The molecule has 1 aliphatic rings. The van der Waals surface area contributed by atoms with Gasteiger partial charge in [-0.2, -0.15) is 18.4 Å². The lowest BCUT2D eigenvalue weighted by atomic mass is 9.92. The third-order valence-electron chi connectivity index (χ3n) is 5.58. The Kier molecular flexibility index (Phi) is 6.16.